The van der Waals surface area contributed by atoms with E-state index in [-0.39, 0.29) is 17.9 Å². The molecule has 0 saturated carbocycles. The van der Waals surface area contributed by atoms with Crippen LogP contribution in [0.15, 0.2) is 0 Å². The van der Waals surface area contributed by atoms with E-state index in [1.807, 2.05) is 0 Å². The van der Waals surface area contributed by atoms with Crippen molar-refractivity contribution in [1.29, 1.82) is 0 Å². The Bertz CT molecular complexity index is 309. The minimum atomic E-state index is -0.219. The van der Waals surface area contributed by atoms with Gasteiger partial charge in [0.2, 0.25) is 5.91 Å². The molecule has 2 fully saturated rings. The van der Waals surface area contributed by atoms with Crippen LogP contribution in [0, 0.1) is 0 Å². The van der Waals surface area contributed by atoms with E-state index in [0.717, 1.165) is 25.9 Å². The van der Waals surface area contributed by atoms with Crippen molar-refractivity contribution in [3.63, 3.8) is 0 Å². The number of hydrogen-bond donors (Lipinski definition) is 0. The highest BCUT2D eigenvalue weighted by molar-refractivity contribution is 6.04. The maximum atomic E-state index is 12.2. The molecule has 1 atom stereocenters. The predicted octanol–water partition coefficient (Wildman–Crippen LogP) is 0.466. The van der Waals surface area contributed by atoms with Gasteiger partial charge in [-0.2, -0.15) is 0 Å². The lowest BCUT2D eigenvalue weighted by molar-refractivity contribution is -0.154. The van der Waals surface area contributed by atoms with E-state index in [9.17, 15) is 9.59 Å². The van der Waals surface area contributed by atoms with E-state index in [2.05, 4.69) is 4.90 Å². The number of hydrogen-bond acceptors (Lipinski definition) is 4. The number of carbonyl (C=O) groups excluding carboxylic acids is 2. The molecule has 0 radical (unpaired) electrons. The Morgan fingerprint density at radius 2 is 1.65 bits per heavy atom. The van der Waals surface area contributed by atoms with Crippen molar-refractivity contribution in [2.45, 2.75) is 38.1 Å². The first-order valence-electron chi connectivity index (χ1n) is 6.39. The lowest BCUT2D eigenvalue weighted by Crippen LogP contribution is -2.46. The Kier molecular flexibility index (Phi) is 3.79. The molecule has 17 heavy (non-hydrogen) atoms. The summed E-state index contributed by atoms with van der Waals surface area (Å²) in [6, 6.07) is -0.219. The van der Waals surface area contributed by atoms with Crippen LogP contribution in [0.2, 0.25) is 0 Å². The Labute approximate surface area is 102 Å². The van der Waals surface area contributed by atoms with Gasteiger partial charge in [-0.3, -0.25) is 14.5 Å². The molecule has 5 nitrogen and oxygen atoms in total. The molecule has 0 aliphatic carbocycles. The van der Waals surface area contributed by atoms with Crippen LogP contribution in [0.4, 0.5) is 0 Å². The quantitative estimate of drug-likeness (QED) is 0.657. The predicted molar refractivity (Wildman–Crippen MR) is 64.0 cm³/mol. The molecule has 0 N–H and O–H groups in total. The van der Waals surface area contributed by atoms with Gasteiger partial charge in [0.25, 0.3) is 5.91 Å². The number of nitrogens with zero attached hydrogens (tertiary/aromatic N) is 3. The number of amides is 2. The molecule has 2 rings (SSSR count). The number of carbonyl (C=O) groups is 2. The molecule has 0 bridgehead atoms. The molecule has 5 heteroatoms. The average molecular weight is 239 g/mol. The van der Waals surface area contributed by atoms with Crippen molar-refractivity contribution < 1.29 is 9.59 Å². The van der Waals surface area contributed by atoms with Crippen molar-refractivity contribution in [3.8, 4) is 0 Å². The normalized spacial score (nSPS) is 27.9. The van der Waals surface area contributed by atoms with Crippen LogP contribution in [0.1, 0.15) is 32.1 Å². The highest BCUT2D eigenvalue weighted by Crippen LogP contribution is 2.22. The summed E-state index contributed by atoms with van der Waals surface area (Å²) in [4.78, 5) is 26.2. The molecule has 0 aromatic rings. The molecule has 0 aromatic carbocycles. The van der Waals surface area contributed by atoms with E-state index in [1.54, 1.807) is 19.1 Å². The van der Waals surface area contributed by atoms with Crippen molar-refractivity contribution in [1.82, 2.24) is 14.9 Å². The van der Waals surface area contributed by atoms with Crippen molar-refractivity contribution in [3.05, 3.63) is 0 Å². The lowest BCUT2D eigenvalue weighted by atomic mass is 10.2. The first-order chi connectivity index (χ1) is 8.11. The Morgan fingerprint density at radius 1 is 1.06 bits per heavy atom. The van der Waals surface area contributed by atoms with Gasteiger partial charge in [0, 0.05) is 14.1 Å². The monoisotopic (exact) mass is 239 g/mol. The second kappa shape index (κ2) is 5.14. The van der Waals surface area contributed by atoms with Crippen LogP contribution in [-0.4, -0.2) is 60.0 Å². The minimum absolute atomic E-state index is 0.0538. The van der Waals surface area contributed by atoms with Crippen LogP contribution < -0.4 is 0 Å². The summed E-state index contributed by atoms with van der Waals surface area (Å²) >= 11 is 0. The largest absolute Gasteiger partial charge is 0.291 e. The van der Waals surface area contributed by atoms with Crippen molar-refractivity contribution in [2.24, 2.45) is 0 Å². The maximum absolute atomic E-state index is 12.2. The summed E-state index contributed by atoms with van der Waals surface area (Å²) in [5, 5.41) is 2.86. The highest BCUT2D eigenvalue weighted by atomic mass is 16.2. The summed E-state index contributed by atoms with van der Waals surface area (Å²) in [5.74, 6) is -0.129. The van der Waals surface area contributed by atoms with Gasteiger partial charge in [-0.15, -0.1) is 0 Å². The molecule has 0 aromatic heterocycles. The Hall–Kier alpha value is -0.940. The van der Waals surface area contributed by atoms with Gasteiger partial charge in [-0.05, 0) is 25.9 Å². The summed E-state index contributed by atoms with van der Waals surface area (Å²) in [6.07, 6.45) is 5.10. The molecular formula is C12H21N3O2. The van der Waals surface area contributed by atoms with Crippen LogP contribution in [0.25, 0.3) is 0 Å². The lowest BCUT2D eigenvalue weighted by Gasteiger charge is -2.27. The molecule has 2 aliphatic heterocycles. The fraction of sp³-hybridized carbons (Fsp3) is 0.833. The van der Waals surface area contributed by atoms with Crippen LogP contribution >= 0.6 is 0 Å². The van der Waals surface area contributed by atoms with E-state index in [1.165, 1.54) is 17.9 Å². The number of hydrazine groups is 1. The fourth-order valence-corrected chi connectivity index (χ4v) is 2.72. The zero-order valence-corrected chi connectivity index (χ0v) is 10.7. The average Bonchev–Trinajstić information content (AvgIpc) is 2.48. The van der Waals surface area contributed by atoms with Gasteiger partial charge in [0.05, 0.1) is 6.42 Å². The van der Waals surface area contributed by atoms with Crippen LogP contribution in [-0.2, 0) is 9.59 Å². The molecule has 2 aliphatic rings. The highest BCUT2D eigenvalue weighted by Gasteiger charge is 2.42. The maximum Gasteiger partial charge on any atom is 0.261 e. The molecule has 0 spiro atoms. The summed E-state index contributed by atoms with van der Waals surface area (Å²) in [6.45, 7) is 1.90. The molecule has 2 heterocycles. The summed E-state index contributed by atoms with van der Waals surface area (Å²) < 4.78 is 0. The van der Waals surface area contributed by atoms with Gasteiger partial charge in [0.1, 0.15) is 6.04 Å². The first-order valence-corrected chi connectivity index (χ1v) is 6.39. The fourth-order valence-electron chi connectivity index (χ4n) is 2.72. The number of imide groups is 1. The molecule has 2 saturated heterocycles. The van der Waals surface area contributed by atoms with E-state index in [4.69, 9.17) is 0 Å². The van der Waals surface area contributed by atoms with Gasteiger partial charge in [0.15, 0.2) is 0 Å². The summed E-state index contributed by atoms with van der Waals surface area (Å²) in [7, 11) is 3.47. The van der Waals surface area contributed by atoms with Gasteiger partial charge < -0.3 is 0 Å². The molecular weight excluding hydrogens is 218 g/mol. The standard InChI is InChI=1S/C12H21N3O2/c1-13(2)15-11(16)9-10(12(15)17)14-7-5-3-4-6-8-14/h10H,3-9H2,1-2H3/t10-/m0/s1. The zero-order valence-electron chi connectivity index (χ0n) is 10.7. The molecule has 0 unspecified atom stereocenters. The smallest absolute Gasteiger partial charge is 0.261 e. The molecule has 96 valence electrons. The third-order valence-corrected chi connectivity index (χ3v) is 3.58. The van der Waals surface area contributed by atoms with Crippen molar-refractivity contribution >= 4 is 11.8 Å². The third-order valence-electron chi connectivity index (χ3n) is 3.58. The van der Waals surface area contributed by atoms with Gasteiger partial charge in [-0.1, -0.05) is 12.8 Å². The number of rotatable bonds is 2. The Balaban J connectivity index is 2.07. The van der Waals surface area contributed by atoms with Gasteiger partial charge >= 0.3 is 0 Å². The number of likely N-dealkylation sites (tertiary alicyclic amines) is 1. The third kappa shape index (κ3) is 2.50. The second-order valence-corrected chi connectivity index (χ2v) is 5.06. The van der Waals surface area contributed by atoms with E-state index >= 15 is 0 Å². The zero-order chi connectivity index (χ0) is 12.4. The van der Waals surface area contributed by atoms with Crippen molar-refractivity contribution in [2.75, 3.05) is 27.2 Å². The minimum Gasteiger partial charge on any atom is -0.291 e. The van der Waals surface area contributed by atoms with Crippen LogP contribution in [0.5, 0.6) is 0 Å². The summed E-state index contributed by atoms with van der Waals surface area (Å²) in [5.41, 5.74) is 0. The van der Waals surface area contributed by atoms with E-state index < -0.39 is 0 Å². The molecule has 2 amide bonds. The van der Waals surface area contributed by atoms with E-state index in [0.29, 0.717) is 6.42 Å². The van der Waals surface area contributed by atoms with Crippen LogP contribution in [0.3, 0.4) is 0 Å². The first kappa shape index (κ1) is 12.5. The SMILES string of the molecule is CN(C)N1C(=O)C[C@H](N2CCCCCC2)C1=O. The topological polar surface area (TPSA) is 43.9 Å². The second-order valence-electron chi connectivity index (χ2n) is 5.06. The van der Waals surface area contributed by atoms with Gasteiger partial charge in [-0.25, -0.2) is 10.0 Å². The Morgan fingerprint density at radius 3 is 2.12 bits per heavy atom.